The van der Waals surface area contributed by atoms with Crippen LogP contribution in [0.15, 0.2) is 36.7 Å². The van der Waals surface area contributed by atoms with Crippen molar-refractivity contribution in [2.24, 2.45) is 5.73 Å². The van der Waals surface area contributed by atoms with E-state index in [0.29, 0.717) is 11.9 Å². The summed E-state index contributed by atoms with van der Waals surface area (Å²) in [5.41, 5.74) is 9.26. The molecule has 7 nitrogen and oxygen atoms in total. The van der Waals surface area contributed by atoms with Crippen molar-refractivity contribution in [1.29, 1.82) is 0 Å². The van der Waals surface area contributed by atoms with Crippen LogP contribution in [0.3, 0.4) is 0 Å². The predicted octanol–water partition coefficient (Wildman–Crippen LogP) is 4.58. The number of benzene rings is 1. The first-order chi connectivity index (χ1) is 14.5. The number of anilines is 2. The number of nitrogens with one attached hydrogen (secondary N) is 2. The summed E-state index contributed by atoms with van der Waals surface area (Å²) in [6.45, 7) is 2.07. The van der Waals surface area contributed by atoms with E-state index in [4.69, 9.17) is 5.73 Å². The van der Waals surface area contributed by atoms with Gasteiger partial charge in [-0.2, -0.15) is 0 Å². The van der Waals surface area contributed by atoms with Crippen LogP contribution in [0.5, 0.6) is 0 Å². The van der Waals surface area contributed by atoms with Crippen LogP contribution in [0, 0.1) is 6.92 Å². The van der Waals surface area contributed by atoms with Crippen LogP contribution in [-0.2, 0) is 5.54 Å². The summed E-state index contributed by atoms with van der Waals surface area (Å²) >= 11 is 1.61. The molecule has 0 spiro atoms. The van der Waals surface area contributed by atoms with Crippen LogP contribution in [0.2, 0.25) is 0 Å². The molecular formula is C22H24N6OS. The van der Waals surface area contributed by atoms with Crippen molar-refractivity contribution in [3.05, 3.63) is 52.9 Å². The van der Waals surface area contributed by atoms with Crippen molar-refractivity contribution in [2.75, 3.05) is 5.32 Å². The topological polar surface area (TPSA) is 106 Å². The molecule has 2 fully saturated rings. The molecule has 0 atom stereocenters. The highest BCUT2D eigenvalue weighted by molar-refractivity contribution is 7.15. The van der Waals surface area contributed by atoms with Gasteiger partial charge in [0.05, 0.1) is 10.4 Å². The monoisotopic (exact) mass is 420 g/mol. The highest BCUT2D eigenvalue weighted by Gasteiger charge is 2.42. The predicted molar refractivity (Wildman–Crippen MR) is 118 cm³/mol. The fourth-order valence-electron chi connectivity index (χ4n) is 3.95. The SMILES string of the molecule is Cc1cc(Nc2nccc(C3CC3)n2)cc(-c2cnc(C3(NC(N)=O)CCC3)s2)c1. The van der Waals surface area contributed by atoms with Crippen LogP contribution >= 0.6 is 11.3 Å². The Labute approximate surface area is 179 Å². The molecule has 5 rings (SSSR count). The number of thiazole rings is 1. The number of nitrogens with two attached hydrogens (primary N) is 1. The van der Waals surface area contributed by atoms with E-state index in [1.165, 1.54) is 12.8 Å². The van der Waals surface area contributed by atoms with Gasteiger partial charge >= 0.3 is 6.03 Å². The number of hydrogen-bond acceptors (Lipinski definition) is 6. The highest BCUT2D eigenvalue weighted by atomic mass is 32.1. The minimum Gasteiger partial charge on any atom is -0.352 e. The van der Waals surface area contributed by atoms with E-state index in [1.54, 1.807) is 11.3 Å². The molecule has 0 radical (unpaired) electrons. The van der Waals surface area contributed by atoms with Crippen molar-refractivity contribution in [3.8, 4) is 10.4 Å². The Morgan fingerprint density at radius 3 is 2.77 bits per heavy atom. The number of hydrogen-bond donors (Lipinski definition) is 3. The van der Waals surface area contributed by atoms with Crippen molar-refractivity contribution in [1.82, 2.24) is 20.3 Å². The molecule has 2 aliphatic rings. The summed E-state index contributed by atoms with van der Waals surface area (Å²) in [5, 5.41) is 7.17. The second-order valence-corrected chi connectivity index (χ2v) is 9.28. The van der Waals surface area contributed by atoms with E-state index < -0.39 is 11.6 Å². The molecule has 30 heavy (non-hydrogen) atoms. The lowest BCUT2D eigenvalue weighted by Gasteiger charge is -2.40. The van der Waals surface area contributed by atoms with E-state index in [0.717, 1.165) is 51.7 Å². The zero-order valence-electron chi connectivity index (χ0n) is 16.8. The number of primary amides is 1. The maximum absolute atomic E-state index is 11.5. The number of amides is 2. The summed E-state index contributed by atoms with van der Waals surface area (Å²) in [6, 6.07) is 7.81. The molecule has 0 saturated heterocycles. The maximum atomic E-state index is 11.5. The van der Waals surface area contributed by atoms with Gasteiger partial charge in [-0.1, -0.05) is 6.07 Å². The molecule has 0 aliphatic heterocycles. The van der Waals surface area contributed by atoms with Crippen LogP contribution in [-0.4, -0.2) is 21.0 Å². The number of aryl methyl sites for hydroxylation is 1. The number of rotatable bonds is 6. The Morgan fingerprint density at radius 1 is 1.23 bits per heavy atom. The van der Waals surface area contributed by atoms with Gasteiger partial charge in [-0.15, -0.1) is 11.3 Å². The lowest BCUT2D eigenvalue weighted by molar-refractivity contribution is 0.182. The second-order valence-electron chi connectivity index (χ2n) is 8.25. The van der Waals surface area contributed by atoms with E-state index in [1.807, 2.05) is 18.5 Å². The van der Waals surface area contributed by atoms with Crippen molar-refractivity contribution < 1.29 is 4.79 Å². The highest BCUT2D eigenvalue weighted by Crippen LogP contribution is 2.44. The van der Waals surface area contributed by atoms with Crippen molar-refractivity contribution in [2.45, 2.75) is 50.5 Å². The Hall–Kier alpha value is -3.00. The fourth-order valence-corrected chi connectivity index (χ4v) is 5.06. The first-order valence-corrected chi connectivity index (χ1v) is 11.1. The van der Waals surface area contributed by atoms with E-state index >= 15 is 0 Å². The molecule has 4 N–H and O–H groups in total. The lowest BCUT2D eigenvalue weighted by atomic mass is 9.77. The van der Waals surface area contributed by atoms with Crippen LogP contribution in [0.4, 0.5) is 16.4 Å². The van der Waals surface area contributed by atoms with Gasteiger partial charge in [-0.05, 0) is 68.4 Å². The lowest BCUT2D eigenvalue weighted by Crippen LogP contribution is -2.52. The summed E-state index contributed by atoms with van der Waals surface area (Å²) in [6.07, 6.45) is 8.93. The quantitative estimate of drug-likeness (QED) is 0.541. The first kappa shape index (κ1) is 19.0. The minimum absolute atomic E-state index is 0.406. The average Bonchev–Trinajstić information content (AvgIpc) is 3.41. The maximum Gasteiger partial charge on any atom is 0.312 e. The van der Waals surface area contributed by atoms with E-state index in [2.05, 4.69) is 50.7 Å². The summed E-state index contributed by atoms with van der Waals surface area (Å²) < 4.78 is 0. The van der Waals surface area contributed by atoms with Gasteiger partial charge in [0.1, 0.15) is 5.01 Å². The molecule has 154 valence electrons. The van der Waals surface area contributed by atoms with Crippen LogP contribution < -0.4 is 16.4 Å². The molecule has 2 aliphatic carbocycles. The largest absolute Gasteiger partial charge is 0.352 e. The average molecular weight is 421 g/mol. The van der Waals surface area contributed by atoms with Gasteiger partial charge in [-0.3, -0.25) is 0 Å². The number of nitrogens with zero attached hydrogens (tertiary/aromatic N) is 3. The van der Waals surface area contributed by atoms with Gasteiger partial charge in [0.2, 0.25) is 5.95 Å². The standard InChI is InChI=1S/C22H24N6OS/c1-13-9-15(18-12-25-19(30-18)22(6-2-7-22)28-20(23)29)11-16(10-13)26-21-24-8-5-17(27-21)14-3-4-14/h5,8-12,14H,2-4,6-7H2,1H3,(H3,23,28,29)(H,24,26,27). The number of carbonyl (C=O) groups is 1. The Morgan fingerprint density at radius 2 is 2.07 bits per heavy atom. The van der Waals surface area contributed by atoms with Crippen LogP contribution in [0.1, 0.15) is 54.3 Å². The first-order valence-electron chi connectivity index (χ1n) is 10.3. The number of urea groups is 1. The number of carbonyl (C=O) groups excluding carboxylic acids is 1. The van der Waals surface area contributed by atoms with Gasteiger partial charge in [-0.25, -0.2) is 19.7 Å². The Kier molecular flexibility index (Phi) is 4.66. The van der Waals surface area contributed by atoms with Gasteiger partial charge in [0, 0.05) is 29.7 Å². The summed E-state index contributed by atoms with van der Waals surface area (Å²) in [4.78, 5) is 26.2. The molecule has 2 saturated carbocycles. The fraction of sp³-hybridized carbons (Fsp3) is 0.364. The van der Waals surface area contributed by atoms with Crippen molar-refractivity contribution in [3.63, 3.8) is 0 Å². The van der Waals surface area contributed by atoms with Crippen molar-refractivity contribution >= 4 is 29.0 Å². The molecule has 3 aromatic rings. The minimum atomic E-state index is -0.498. The van der Waals surface area contributed by atoms with Gasteiger partial charge in [0.15, 0.2) is 0 Å². The molecule has 1 aromatic carbocycles. The smallest absolute Gasteiger partial charge is 0.312 e. The molecular weight excluding hydrogens is 396 g/mol. The van der Waals surface area contributed by atoms with Gasteiger partial charge < -0.3 is 16.4 Å². The third-order valence-corrected chi connectivity index (χ3v) is 7.03. The molecule has 2 amide bonds. The molecule has 2 heterocycles. The zero-order valence-corrected chi connectivity index (χ0v) is 17.6. The molecule has 8 heteroatoms. The van der Waals surface area contributed by atoms with Crippen LogP contribution in [0.25, 0.3) is 10.4 Å². The second kappa shape index (κ2) is 7.36. The summed E-state index contributed by atoms with van der Waals surface area (Å²) in [7, 11) is 0. The van der Waals surface area contributed by atoms with E-state index in [9.17, 15) is 4.79 Å². The third-order valence-electron chi connectivity index (χ3n) is 5.78. The van der Waals surface area contributed by atoms with Gasteiger partial charge in [0.25, 0.3) is 0 Å². The van der Waals surface area contributed by atoms with E-state index in [-0.39, 0.29) is 0 Å². The normalized spacial score (nSPS) is 17.2. The number of aromatic nitrogens is 3. The Bertz CT molecular complexity index is 1100. The zero-order chi connectivity index (χ0) is 20.7. The Balaban J connectivity index is 1.41. The molecule has 2 aromatic heterocycles. The third kappa shape index (κ3) is 3.75. The molecule has 0 unspecified atom stereocenters. The summed E-state index contributed by atoms with van der Waals surface area (Å²) in [5.74, 6) is 1.21. The molecule has 0 bridgehead atoms.